The van der Waals surface area contributed by atoms with Crippen LogP contribution in [0.15, 0.2) is 67.1 Å². The number of carboxylic acids is 1. The molecule has 2 aromatic carbocycles. The maximum atomic E-state index is 13.9. The second kappa shape index (κ2) is 15.6. The van der Waals surface area contributed by atoms with Gasteiger partial charge in [0, 0.05) is 44.2 Å². The van der Waals surface area contributed by atoms with E-state index in [1.807, 2.05) is 30.3 Å². The van der Waals surface area contributed by atoms with Crippen LogP contribution in [0.4, 0.5) is 0 Å². The van der Waals surface area contributed by atoms with Gasteiger partial charge in [0.15, 0.2) is 0 Å². The van der Waals surface area contributed by atoms with Crippen molar-refractivity contribution in [1.29, 1.82) is 0 Å². The lowest BCUT2D eigenvalue weighted by atomic mass is 10.0. The molecule has 9 N–H and O–H groups in total. The number of likely N-dealkylation sites (tertiary alicyclic amines) is 2. The molecule has 2 saturated heterocycles. The number of nitrogens with zero attached hydrogens (tertiary/aromatic N) is 3. The lowest BCUT2D eigenvalue weighted by molar-refractivity contribution is -0.150. The number of hydrogen-bond acceptors (Lipinski definition) is 10. The van der Waals surface area contributed by atoms with Crippen molar-refractivity contribution in [3.63, 3.8) is 0 Å². The number of amides is 4. The van der Waals surface area contributed by atoms with Gasteiger partial charge < -0.3 is 51.6 Å². The van der Waals surface area contributed by atoms with E-state index in [4.69, 9.17) is 5.73 Å². The third-order valence-electron chi connectivity index (χ3n) is 9.01. The van der Waals surface area contributed by atoms with Crippen LogP contribution in [-0.4, -0.2) is 125 Å². The number of nitrogens with one attached hydrogen (secondary N) is 3. The maximum Gasteiger partial charge on any atom is 0.326 e. The zero-order chi connectivity index (χ0) is 36.1. The summed E-state index contributed by atoms with van der Waals surface area (Å²) >= 11 is 0. The molecule has 8 atom stereocenters. The molecule has 2 aliphatic rings. The van der Waals surface area contributed by atoms with Crippen molar-refractivity contribution < 1.29 is 44.4 Å². The van der Waals surface area contributed by atoms with E-state index in [1.54, 1.807) is 24.3 Å². The van der Waals surface area contributed by atoms with E-state index in [9.17, 15) is 44.4 Å². The van der Waals surface area contributed by atoms with E-state index >= 15 is 0 Å². The molecule has 3 heterocycles. The molecule has 1 aromatic heterocycles. The minimum atomic E-state index is -1.54. The zero-order valence-electron chi connectivity index (χ0n) is 27.3. The van der Waals surface area contributed by atoms with Crippen LogP contribution in [0.5, 0.6) is 0 Å². The van der Waals surface area contributed by atoms with Crippen molar-refractivity contribution in [2.24, 2.45) is 5.73 Å². The molecular formula is C34H41N7O9. The van der Waals surface area contributed by atoms with Crippen LogP contribution in [-0.2, 0) is 30.4 Å². The minimum absolute atomic E-state index is 0.115. The number of carboxylic acid groups (broad SMARTS) is 1. The molecule has 0 radical (unpaired) electrons. The Bertz CT molecular complexity index is 1670. The highest BCUT2D eigenvalue weighted by Gasteiger charge is 2.48. The van der Waals surface area contributed by atoms with Gasteiger partial charge >= 0.3 is 5.97 Å². The number of H-pyrrole nitrogens is 1. The van der Waals surface area contributed by atoms with Crippen molar-refractivity contribution >= 4 is 29.6 Å². The molecule has 266 valence electrons. The van der Waals surface area contributed by atoms with Crippen molar-refractivity contribution in [1.82, 2.24) is 30.4 Å². The highest BCUT2D eigenvalue weighted by Crippen LogP contribution is 2.27. The Hall–Kier alpha value is -5.16. The van der Waals surface area contributed by atoms with Crippen LogP contribution in [0.2, 0.25) is 0 Å². The zero-order valence-corrected chi connectivity index (χ0v) is 27.3. The van der Waals surface area contributed by atoms with Crippen LogP contribution in [0.25, 0.3) is 11.1 Å². The second-order valence-corrected chi connectivity index (χ2v) is 12.7. The normalized spacial score (nSPS) is 22.7. The number of carbonyl (C=O) groups is 5. The minimum Gasteiger partial charge on any atom is -0.480 e. The van der Waals surface area contributed by atoms with Crippen LogP contribution in [0, 0.1) is 0 Å². The van der Waals surface area contributed by atoms with Crippen molar-refractivity contribution in [3.05, 3.63) is 78.4 Å². The predicted molar refractivity (Wildman–Crippen MR) is 177 cm³/mol. The number of nitrogens with two attached hydrogens (primary N) is 1. The highest BCUT2D eigenvalue weighted by molar-refractivity contribution is 5.96. The monoisotopic (exact) mass is 691 g/mol. The fourth-order valence-corrected chi connectivity index (χ4v) is 6.35. The second-order valence-electron chi connectivity index (χ2n) is 12.7. The number of benzene rings is 2. The van der Waals surface area contributed by atoms with Crippen LogP contribution in [0.1, 0.15) is 37.1 Å². The van der Waals surface area contributed by atoms with Crippen LogP contribution < -0.4 is 16.4 Å². The van der Waals surface area contributed by atoms with Gasteiger partial charge in [0.1, 0.15) is 30.2 Å². The van der Waals surface area contributed by atoms with Gasteiger partial charge in [-0.3, -0.25) is 19.2 Å². The van der Waals surface area contributed by atoms with Crippen molar-refractivity contribution in [2.75, 3.05) is 13.1 Å². The summed E-state index contributed by atoms with van der Waals surface area (Å²) in [7, 11) is 0. The number of carbonyl (C=O) groups excluding carboxylic acids is 4. The third kappa shape index (κ3) is 8.16. The number of aromatic amines is 1. The topological polar surface area (TPSA) is 252 Å². The van der Waals surface area contributed by atoms with Gasteiger partial charge in [0.25, 0.3) is 0 Å². The first-order chi connectivity index (χ1) is 23.8. The summed E-state index contributed by atoms with van der Waals surface area (Å²) in [5.74, 6) is -4.53. The molecule has 0 unspecified atom stereocenters. The molecule has 3 aromatic rings. The summed E-state index contributed by atoms with van der Waals surface area (Å²) in [6, 6.07) is 9.87. The lowest BCUT2D eigenvalue weighted by Crippen LogP contribution is -2.59. The summed E-state index contributed by atoms with van der Waals surface area (Å²) in [4.78, 5) is 74.9. The number of imidazole rings is 1. The quantitative estimate of drug-likeness (QED) is 0.111. The van der Waals surface area contributed by atoms with E-state index in [-0.39, 0.29) is 32.4 Å². The predicted octanol–water partition coefficient (Wildman–Crippen LogP) is -1.32. The van der Waals surface area contributed by atoms with Gasteiger partial charge in [0.05, 0.1) is 24.6 Å². The van der Waals surface area contributed by atoms with Gasteiger partial charge in [-0.25, -0.2) is 9.78 Å². The average Bonchev–Trinajstić information content (AvgIpc) is 3.86. The number of aromatic nitrogens is 2. The molecule has 5 rings (SSSR count). The Kier molecular flexibility index (Phi) is 11.3. The van der Waals surface area contributed by atoms with E-state index in [1.165, 1.54) is 19.4 Å². The number of hydrogen-bond donors (Lipinski definition) is 8. The smallest absolute Gasteiger partial charge is 0.326 e. The number of aliphatic carboxylic acids is 1. The SMILES string of the molecule is C[C@@H](O)[C@H](NC(=O)[C@@H](N)c1ccc(-c2ccccc2)cc1)C(=O)N1C[C@H](O)C[C@H]1C(=O)N1C[C@H](O)C[C@H]1C(=O)N[C@@H](Cc1cnc[nH]1)C(=O)O. The molecule has 50 heavy (non-hydrogen) atoms. The lowest BCUT2D eigenvalue weighted by Gasteiger charge is -2.33. The van der Waals surface area contributed by atoms with Gasteiger partial charge in [-0.05, 0) is 23.6 Å². The van der Waals surface area contributed by atoms with Crippen LogP contribution in [0.3, 0.4) is 0 Å². The fourth-order valence-electron chi connectivity index (χ4n) is 6.35. The first-order valence-electron chi connectivity index (χ1n) is 16.2. The van der Waals surface area contributed by atoms with E-state index < -0.39 is 78.1 Å². The van der Waals surface area contributed by atoms with Crippen molar-refractivity contribution in [2.45, 2.75) is 74.7 Å². The summed E-state index contributed by atoms with van der Waals surface area (Å²) in [5.41, 5.74) is 9.02. The summed E-state index contributed by atoms with van der Waals surface area (Å²) < 4.78 is 0. The molecule has 2 fully saturated rings. The number of aliphatic hydroxyl groups excluding tert-OH is 3. The molecule has 0 spiro atoms. The Morgan fingerprint density at radius 1 is 0.920 bits per heavy atom. The van der Waals surface area contributed by atoms with E-state index in [0.717, 1.165) is 20.9 Å². The van der Waals surface area contributed by atoms with Gasteiger partial charge in [-0.2, -0.15) is 0 Å². The molecule has 0 aliphatic carbocycles. The average molecular weight is 692 g/mol. The molecule has 16 nitrogen and oxygen atoms in total. The Labute approximate surface area is 287 Å². The van der Waals surface area contributed by atoms with Gasteiger partial charge in [0.2, 0.25) is 23.6 Å². The number of rotatable bonds is 12. The van der Waals surface area contributed by atoms with E-state index in [2.05, 4.69) is 20.6 Å². The molecule has 4 amide bonds. The summed E-state index contributed by atoms with van der Waals surface area (Å²) in [6.07, 6.45) is -1.43. The highest BCUT2D eigenvalue weighted by atomic mass is 16.4. The van der Waals surface area contributed by atoms with Crippen molar-refractivity contribution in [3.8, 4) is 11.1 Å². The van der Waals surface area contributed by atoms with Gasteiger partial charge in [-0.1, -0.05) is 54.6 Å². The standard InChI is InChI=1S/C34H41N7O9/c1-18(42)29(39-31(46)28(35)21-9-7-20(8-10-21)19-5-3-2-4-6-19)33(48)41-16-24(44)13-27(41)32(47)40-15-23(43)12-26(40)30(45)38-25(34(49)50)11-22-14-36-17-37-22/h2-10,14,17-18,23-29,42-44H,11-13,15-16,35H2,1H3,(H,36,37)(H,38,45)(H,39,46)(H,49,50)/t18-,23-,24-,25+,26+,27+,28+,29+/m1/s1. The van der Waals surface area contributed by atoms with Crippen LogP contribution >= 0.6 is 0 Å². The Balaban J connectivity index is 1.27. The molecule has 0 bridgehead atoms. The van der Waals surface area contributed by atoms with E-state index in [0.29, 0.717) is 11.3 Å². The molecule has 0 saturated carbocycles. The summed E-state index contributed by atoms with van der Waals surface area (Å²) in [5, 5.41) is 46.2. The fraction of sp³-hybridized carbons (Fsp3) is 0.412. The molecule has 16 heteroatoms. The third-order valence-corrected chi connectivity index (χ3v) is 9.01. The number of β-amino-alcohol motifs (C(OH)–C–C–N with tert-alkyl or cyclic N) is 2. The first kappa shape index (κ1) is 36.1. The molecule has 2 aliphatic heterocycles. The Morgan fingerprint density at radius 2 is 1.54 bits per heavy atom. The first-order valence-corrected chi connectivity index (χ1v) is 16.2. The molecular weight excluding hydrogens is 650 g/mol. The maximum absolute atomic E-state index is 13.9. The summed E-state index contributed by atoms with van der Waals surface area (Å²) in [6.45, 7) is 0.698. The Morgan fingerprint density at radius 3 is 2.14 bits per heavy atom. The van der Waals surface area contributed by atoms with Gasteiger partial charge in [-0.15, -0.1) is 0 Å². The largest absolute Gasteiger partial charge is 0.480 e. The number of aliphatic hydroxyl groups is 3.